The van der Waals surface area contributed by atoms with Crippen LogP contribution in [-0.4, -0.2) is 57.4 Å². The Labute approximate surface area is 158 Å². The van der Waals surface area contributed by atoms with E-state index in [1.165, 1.54) is 7.11 Å². The van der Waals surface area contributed by atoms with Gasteiger partial charge in [-0.15, -0.1) is 4.52 Å². The summed E-state index contributed by atoms with van der Waals surface area (Å²) in [5, 5.41) is 0. The van der Waals surface area contributed by atoms with Gasteiger partial charge >= 0.3 is 20.7 Å². The molecule has 0 aromatic carbocycles. The summed E-state index contributed by atoms with van der Waals surface area (Å²) in [6.07, 6.45) is -2.49. The van der Waals surface area contributed by atoms with Crippen LogP contribution in [0.4, 0.5) is 0 Å². The summed E-state index contributed by atoms with van der Waals surface area (Å²) in [5.74, 6) is 0. The van der Waals surface area contributed by atoms with Gasteiger partial charge in [0.05, 0.1) is 6.61 Å². The second-order valence-corrected chi connectivity index (χ2v) is 8.43. The topological polar surface area (TPSA) is 192 Å². The number of methoxy groups -OCH3 is 1. The number of phosphoric acid groups is 1. The number of H-pyrrole nitrogens is 1. The second kappa shape index (κ2) is 8.62. The maximum absolute atomic E-state index is 12.1. The van der Waals surface area contributed by atoms with Crippen molar-refractivity contribution in [2.45, 2.75) is 24.0 Å². The Hall–Kier alpha value is -0.920. The highest BCUT2D eigenvalue weighted by Gasteiger charge is 2.60. The van der Waals surface area contributed by atoms with E-state index in [1.54, 1.807) is 0 Å². The summed E-state index contributed by atoms with van der Waals surface area (Å²) in [7, 11) is -6.18. The highest BCUT2D eigenvalue weighted by atomic mass is 32.7. The molecule has 152 valence electrons. The first kappa shape index (κ1) is 22.4. The summed E-state index contributed by atoms with van der Waals surface area (Å²) in [6.45, 7) is -1.16. The summed E-state index contributed by atoms with van der Waals surface area (Å²) < 4.78 is 44.4. The van der Waals surface area contributed by atoms with E-state index in [0.717, 1.165) is 16.8 Å². The Bertz CT molecular complexity index is 855. The monoisotopic (exact) mass is 446 g/mol. The number of aromatic nitrogens is 2. The number of thiol groups is 1. The quantitative estimate of drug-likeness (QED) is 0.239. The van der Waals surface area contributed by atoms with Crippen molar-refractivity contribution in [3.8, 4) is 0 Å². The third kappa shape index (κ3) is 5.12. The molecule has 0 aliphatic carbocycles. The van der Waals surface area contributed by atoms with Crippen molar-refractivity contribution >= 4 is 27.3 Å². The molecular formula is C11H18N3O10P2S+. The lowest BCUT2D eigenvalue weighted by Gasteiger charge is -2.30. The molecule has 27 heavy (non-hydrogen) atoms. The van der Waals surface area contributed by atoms with Gasteiger partial charge in [0.2, 0.25) is 0 Å². The molecule has 5 atom stereocenters. The first-order valence-electron chi connectivity index (χ1n) is 7.28. The third-order valence-corrected chi connectivity index (χ3v) is 5.03. The van der Waals surface area contributed by atoms with Crippen molar-refractivity contribution in [2.75, 3.05) is 20.3 Å². The Balaban J connectivity index is 2.51. The Morgan fingerprint density at radius 1 is 1.52 bits per heavy atom. The lowest BCUT2D eigenvalue weighted by atomic mass is 9.96. The smallest absolute Gasteiger partial charge is 0.374 e. The van der Waals surface area contributed by atoms with Crippen molar-refractivity contribution in [3.05, 3.63) is 33.1 Å². The van der Waals surface area contributed by atoms with Gasteiger partial charge in [-0.3, -0.25) is 18.9 Å². The van der Waals surface area contributed by atoms with E-state index >= 15 is 0 Å². The Kier molecular flexibility index (Phi) is 7.14. The van der Waals surface area contributed by atoms with E-state index in [0.29, 0.717) is 0 Å². The number of nitrogens with zero attached hydrogens (tertiary/aromatic N) is 1. The number of rotatable bonds is 8. The molecule has 1 aromatic heterocycles. The molecule has 1 unspecified atom stereocenters. The molecule has 2 heterocycles. The fraction of sp³-hybridized carbons (Fsp3) is 0.636. The first-order chi connectivity index (χ1) is 12.5. The van der Waals surface area contributed by atoms with Gasteiger partial charge in [-0.1, -0.05) is 0 Å². The fourth-order valence-electron chi connectivity index (χ4n) is 2.69. The summed E-state index contributed by atoms with van der Waals surface area (Å²) in [5.41, 5.74) is 2.50. The van der Waals surface area contributed by atoms with Crippen LogP contribution in [0.15, 0.2) is 21.9 Å². The molecule has 1 aliphatic heterocycles. The molecule has 0 bridgehead atoms. The molecule has 0 spiro atoms. The Morgan fingerprint density at radius 3 is 2.67 bits per heavy atom. The maximum atomic E-state index is 12.1. The predicted molar refractivity (Wildman–Crippen MR) is 93.5 cm³/mol. The minimum atomic E-state index is -4.91. The minimum Gasteiger partial charge on any atom is -0.374 e. The van der Waals surface area contributed by atoms with E-state index in [-0.39, 0.29) is 0 Å². The van der Waals surface area contributed by atoms with Crippen LogP contribution in [0.25, 0.3) is 0 Å². The van der Waals surface area contributed by atoms with E-state index < -0.39 is 63.5 Å². The number of phosphoric ester groups is 1. The number of hydrogen-bond donors (Lipinski definition) is 5. The summed E-state index contributed by atoms with van der Waals surface area (Å²) >= 11 is 3.67. The molecule has 16 heteroatoms. The summed E-state index contributed by atoms with van der Waals surface area (Å²) in [4.78, 5) is 43.4. The van der Waals surface area contributed by atoms with Gasteiger partial charge in [0.25, 0.3) is 5.56 Å². The number of nitrogens with one attached hydrogen (secondary N) is 1. The van der Waals surface area contributed by atoms with Gasteiger partial charge < -0.3 is 25.0 Å². The highest BCUT2D eigenvalue weighted by molar-refractivity contribution is 8.39. The van der Waals surface area contributed by atoms with Crippen LogP contribution in [0.3, 0.4) is 0 Å². The normalized spacial score (nSPS) is 29.1. The molecule has 1 fully saturated rings. The van der Waals surface area contributed by atoms with Crippen molar-refractivity contribution < 1.29 is 37.4 Å². The van der Waals surface area contributed by atoms with Gasteiger partial charge in [0.15, 0.2) is 12.3 Å². The SMILES string of the molecule is CO[C@H]1[C@H](n2ccc(=O)[nH]c2=O)O[C@](CN)(COP(=O)(O)O)[C@H]1O[P+](=O)S. The predicted octanol–water partition coefficient (Wildman–Crippen LogP) is -1.14. The fourth-order valence-corrected chi connectivity index (χ4v) is 3.89. The van der Waals surface area contributed by atoms with E-state index in [4.69, 9.17) is 29.5 Å². The molecule has 1 aliphatic rings. The van der Waals surface area contributed by atoms with E-state index in [2.05, 4.69) is 16.8 Å². The molecular weight excluding hydrogens is 428 g/mol. The number of hydrogen-bond acceptors (Lipinski definition) is 9. The molecule has 0 radical (unpaired) electrons. The molecule has 2 rings (SSSR count). The zero-order valence-electron chi connectivity index (χ0n) is 13.8. The molecule has 1 aromatic rings. The minimum absolute atomic E-state index is 0.400. The van der Waals surface area contributed by atoms with Crippen LogP contribution in [0.1, 0.15) is 6.23 Å². The lowest BCUT2D eigenvalue weighted by Crippen LogP contribution is -2.53. The number of ether oxygens (including phenoxy) is 2. The Morgan fingerprint density at radius 2 is 2.19 bits per heavy atom. The van der Waals surface area contributed by atoms with Crippen LogP contribution in [0, 0.1) is 0 Å². The number of aromatic amines is 1. The average molecular weight is 446 g/mol. The van der Waals surface area contributed by atoms with Crippen molar-refractivity contribution in [3.63, 3.8) is 0 Å². The largest absolute Gasteiger partial charge is 0.582 e. The van der Waals surface area contributed by atoms with Gasteiger partial charge in [0.1, 0.15) is 24.0 Å². The van der Waals surface area contributed by atoms with Gasteiger partial charge in [-0.25, -0.2) is 9.36 Å². The van der Waals surface area contributed by atoms with Crippen LogP contribution < -0.4 is 17.0 Å². The van der Waals surface area contributed by atoms with Gasteiger partial charge in [-0.2, -0.15) is 0 Å². The summed E-state index contributed by atoms with van der Waals surface area (Å²) in [6, 6.07) is 1.06. The maximum Gasteiger partial charge on any atom is 0.582 e. The van der Waals surface area contributed by atoms with Crippen LogP contribution in [0.5, 0.6) is 0 Å². The highest BCUT2D eigenvalue weighted by Crippen LogP contribution is 2.47. The first-order valence-corrected chi connectivity index (χ1v) is 11.1. The lowest BCUT2D eigenvalue weighted by molar-refractivity contribution is -0.117. The van der Waals surface area contributed by atoms with Gasteiger partial charge in [-0.05, 0) is 4.57 Å². The molecule has 13 nitrogen and oxygen atoms in total. The van der Waals surface area contributed by atoms with Crippen LogP contribution in [0.2, 0.25) is 0 Å². The zero-order chi connectivity index (χ0) is 20.4. The van der Waals surface area contributed by atoms with Crippen LogP contribution >= 0.6 is 27.3 Å². The molecule has 0 saturated carbocycles. The van der Waals surface area contributed by atoms with Crippen molar-refractivity contribution in [1.29, 1.82) is 0 Å². The molecule has 1 saturated heterocycles. The number of nitrogens with two attached hydrogens (primary N) is 1. The molecule has 5 N–H and O–H groups in total. The van der Waals surface area contributed by atoms with Crippen LogP contribution in [-0.2, 0) is 27.7 Å². The second-order valence-electron chi connectivity index (χ2n) is 5.52. The van der Waals surface area contributed by atoms with E-state index in [1.807, 2.05) is 4.98 Å². The van der Waals surface area contributed by atoms with Crippen molar-refractivity contribution in [1.82, 2.24) is 9.55 Å². The zero-order valence-corrected chi connectivity index (χ0v) is 16.5. The average Bonchev–Trinajstić information content (AvgIpc) is 2.85. The van der Waals surface area contributed by atoms with Crippen molar-refractivity contribution in [2.24, 2.45) is 5.73 Å². The standard InChI is InChI=1S/C11H17N3O10P2S/c1-21-7-8(24-25(17)27)11(4-12,5-22-26(18,19)20)23-9(7)14-3-2-6(15)13-10(14)16/h2-3,7-9H,4-5,12H2,1H3,(H3-,13,15,16,17,18,19,20,27)/p+1/t7-,8+,9-,11-/m1/s1. The van der Waals surface area contributed by atoms with Gasteiger partial charge in [0, 0.05) is 25.9 Å². The third-order valence-electron chi connectivity index (χ3n) is 3.88. The molecule has 0 amide bonds. The van der Waals surface area contributed by atoms with E-state index in [9.17, 15) is 18.7 Å².